The summed E-state index contributed by atoms with van der Waals surface area (Å²) in [6.45, 7) is -0.357. The summed E-state index contributed by atoms with van der Waals surface area (Å²) in [4.78, 5) is 10.8. The average Bonchev–Trinajstić information content (AvgIpc) is 2.38. The predicted octanol–water partition coefficient (Wildman–Crippen LogP) is -0.0408. The fraction of sp³-hybridized carbons (Fsp3) is 0.167. The number of nitrogens with one attached hydrogen (secondary N) is 1. The van der Waals surface area contributed by atoms with Crippen molar-refractivity contribution in [1.82, 2.24) is 5.32 Å². The second-order valence-electron chi connectivity index (χ2n) is 1.68. The molecule has 0 unspecified atom stereocenters. The fourth-order valence-electron chi connectivity index (χ4n) is 0.568. The summed E-state index contributed by atoms with van der Waals surface area (Å²) < 4.78 is 4.64. The number of carbonyl (C=O) groups excluding carboxylic acids is 1. The highest BCUT2D eigenvalue weighted by molar-refractivity contribution is 5.93. The molecule has 0 aliphatic heterocycles. The molecule has 0 saturated heterocycles. The van der Waals surface area contributed by atoms with Gasteiger partial charge < -0.3 is 14.8 Å². The van der Waals surface area contributed by atoms with Crippen molar-refractivity contribution < 1.29 is 14.3 Å². The van der Waals surface area contributed by atoms with Crippen molar-refractivity contribution >= 4 is 5.91 Å². The number of carbonyl (C=O) groups is 1. The Morgan fingerprint density at radius 3 is 3.10 bits per heavy atom. The summed E-state index contributed by atoms with van der Waals surface area (Å²) in [6.07, 6.45) is 2.71. The first-order chi connectivity index (χ1) is 4.84. The molecule has 1 aromatic heterocycles. The van der Waals surface area contributed by atoms with Gasteiger partial charge in [-0.2, -0.15) is 0 Å². The maximum atomic E-state index is 10.8. The molecule has 0 fully saturated rings. The number of aliphatic hydroxyl groups excluding tert-OH is 1. The largest absolute Gasteiger partial charge is 0.472 e. The van der Waals surface area contributed by atoms with Crippen LogP contribution < -0.4 is 5.32 Å². The van der Waals surface area contributed by atoms with Gasteiger partial charge in [0.25, 0.3) is 5.91 Å². The van der Waals surface area contributed by atoms with Gasteiger partial charge in [-0.05, 0) is 6.07 Å². The van der Waals surface area contributed by atoms with Crippen LogP contribution in [0.15, 0.2) is 23.0 Å². The number of aliphatic hydroxyl groups is 1. The summed E-state index contributed by atoms with van der Waals surface area (Å²) in [5.74, 6) is -0.337. The number of hydrogen-bond acceptors (Lipinski definition) is 3. The third kappa shape index (κ3) is 1.35. The van der Waals surface area contributed by atoms with E-state index in [1.54, 1.807) is 0 Å². The molecule has 1 heterocycles. The van der Waals surface area contributed by atoms with Gasteiger partial charge in [0.05, 0.1) is 11.8 Å². The molecule has 0 bridgehead atoms. The number of rotatable bonds is 2. The Morgan fingerprint density at radius 2 is 2.60 bits per heavy atom. The molecule has 0 spiro atoms. The van der Waals surface area contributed by atoms with Crippen molar-refractivity contribution in [2.24, 2.45) is 0 Å². The van der Waals surface area contributed by atoms with Gasteiger partial charge in [0.2, 0.25) is 0 Å². The van der Waals surface area contributed by atoms with E-state index in [1.807, 2.05) is 0 Å². The van der Waals surface area contributed by atoms with E-state index >= 15 is 0 Å². The molecule has 0 aliphatic carbocycles. The normalized spacial score (nSPS) is 9.30. The smallest absolute Gasteiger partial charge is 0.256 e. The lowest BCUT2D eigenvalue weighted by atomic mass is 10.3. The molecular formula is C6H7NO3. The summed E-state index contributed by atoms with van der Waals surface area (Å²) in [5.41, 5.74) is 0.411. The Bertz CT molecular complexity index is 205. The van der Waals surface area contributed by atoms with Gasteiger partial charge in [-0.15, -0.1) is 0 Å². The van der Waals surface area contributed by atoms with Gasteiger partial charge in [0.15, 0.2) is 0 Å². The standard InChI is InChI=1S/C6H7NO3/c8-4-7-6(9)5-1-2-10-3-5/h1-3,8H,4H2,(H,7,9). The molecule has 4 nitrogen and oxygen atoms in total. The minimum Gasteiger partial charge on any atom is -0.472 e. The SMILES string of the molecule is O=C(NCO)c1ccoc1. The van der Waals surface area contributed by atoms with Crippen LogP contribution in [-0.4, -0.2) is 17.7 Å². The van der Waals surface area contributed by atoms with Crippen molar-refractivity contribution in [3.05, 3.63) is 24.2 Å². The van der Waals surface area contributed by atoms with E-state index in [0.717, 1.165) is 0 Å². The van der Waals surface area contributed by atoms with Crippen molar-refractivity contribution in [3.63, 3.8) is 0 Å². The van der Waals surface area contributed by atoms with E-state index in [9.17, 15) is 4.79 Å². The highest BCUT2D eigenvalue weighted by Crippen LogP contribution is 1.97. The van der Waals surface area contributed by atoms with Crippen LogP contribution in [0.1, 0.15) is 10.4 Å². The van der Waals surface area contributed by atoms with Gasteiger partial charge >= 0.3 is 0 Å². The highest BCUT2D eigenvalue weighted by Gasteiger charge is 2.03. The number of hydrogen-bond donors (Lipinski definition) is 2. The van der Waals surface area contributed by atoms with E-state index < -0.39 is 0 Å². The third-order valence-corrected chi connectivity index (χ3v) is 1.02. The van der Waals surface area contributed by atoms with E-state index in [1.165, 1.54) is 18.6 Å². The van der Waals surface area contributed by atoms with Gasteiger partial charge in [-0.3, -0.25) is 4.79 Å². The molecule has 1 rings (SSSR count). The molecule has 10 heavy (non-hydrogen) atoms. The minimum atomic E-state index is -0.357. The first-order valence-electron chi connectivity index (χ1n) is 2.76. The third-order valence-electron chi connectivity index (χ3n) is 1.02. The molecule has 1 amide bonds. The predicted molar refractivity (Wildman–Crippen MR) is 33.3 cm³/mol. The maximum absolute atomic E-state index is 10.8. The summed E-state index contributed by atoms with van der Waals surface area (Å²) >= 11 is 0. The Balaban J connectivity index is 2.59. The van der Waals surface area contributed by atoms with Crippen LogP contribution in [-0.2, 0) is 0 Å². The van der Waals surface area contributed by atoms with Crippen molar-refractivity contribution in [2.45, 2.75) is 0 Å². The van der Waals surface area contributed by atoms with Crippen molar-refractivity contribution in [2.75, 3.05) is 6.73 Å². The Hall–Kier alpha value is -1.29. The first-order valence-corrected chi connectivity index (χ1v) is 2.76. The van der Waals surface area contributed by atoms with Crippen LogP contribution in [0.3, 0.4) is 0 Å². The zero-order valence-electron chi connectivity index (χ0n) is 5.20. The molecule has 1 aromatic rings. The molecular weight excluding hydrogens is 134 g/mol. The zero-order chi connectivity index (χ0) is 7.40. The zero-order valence-corrected chi connectivity index (χ0v) is 5.20. The molecule has 0 saturated carbocycles. The Labute approximate surface area is 57.5 Å². The Morgan fingerprint density at radius 1 is 1.80 bits per heavy atom. The molecule has 0 atom stereocenters. The lowest BCUT2D eigenvalue weighted by Gasteiger charge is -1.94. The van der Waals surface area contributed by atoms with Crippen LogP contribution >= 0.6 is 0 Å². The molecule has 0 radical (unpaired) electrons. The fourth-order valence-corrected chi connectivity index (χ4v) is 0.568. The van der Waals surface area contributed by atoms with E-state index in [0.29, 0.717) is 5.56 Å². The van der Waals surface area contributed by atoms with Crippen molar-refractivity contribution in [3.8, 4) is 0 Å². The first kappa shape index (κ1) is 6.82. The second kappa shape index (κ2) is 3.03. The maximum Gasteiger partial charge on any atom is 0.256 e. The van der Waals surface area contributed by atoms with Gasteiger partial charge in [-0.25, -0.2) is 0 Å². The molecule has 4 heteroatoms. The van der Waals surface area contributed by atoms with Crippen LogP contribution in [0, 0.1) is 0 Å². The van der Waals surface area contributed by atoms with Crippen LogP contribution in [0.5, 0.6) is 0 Å². The number of amides is 1. The highest BCUT2D eigenvalue weighted by atomic mass is 16.3. The van der Waals surface area contributed by atoms with Gasteiger partial charge in [-0.1, -0.05) is 0 Å². The number of furan rings is 1. The average molecular weight is 141 g/mol. The second-order valence-corrected chi connectivity index (χ2v) is 1.68. The molecule has 0 aliphatic rings. The quantitative estimate of drug-likeness (QED) is 0.568. The van der Waals surface area contributed by atoms with E-state index in [4.69, 9.17) is 5.11 Å². The van der Waals surface area contributed by atoms with Gasteiger partial charge in [0.1, 0.15) is 13.0 Å². The minimum absolute atomic E-state index is 0.337. The van der Waals surface area contributed by atoms with Crippen LogP contribution in [0.4, 0.5) is 0 Å². The Kier molecular flexibility index (Phi) is 2.07. The summed E-state index contributed by atoms with van der Waals surface area (Å²) in [6, 6.07) is 1.52. The van der Waals surface area contributed by atoms with Crippen LogP contribution in [0.2, 0.25) is 0 Å². The van der Waals surface area contributed by atoms with E-state index in [2.05, 4.69) is 9.73 Å². The lowest BCUT2D eigenvalue weighted by Crippen LogP contribution is -2.23. The topological polar surface area (TPSA) is 62.5 Å². The van der Waals surface area contributed by atoms with Gasteiger partial charge in [0, 0.05) is 0 Å². The summed E-state index contributed by atoms with van der Waals surface area (Å²) in [7, 11) is 0. The van der Waals surface area contributed by atoms with Crippen LogP contribution in [0.25, 0.3) is 0 Å². The molecule has 0 aromatic carbocycles. The molecule has 54 valence electrons. The lowest BCUT2D eigenvalue weighted by molar-refractivity contribution is 0.0909. The van der Waals surface area contributed by atoms with E-state index in [-0.39, 0.29) is 12.6 Å². The monoisotopic (exact) mass is 141 g/mol. The summed E-state index contributed by atoms with van der Waals surface area (Å²) in [5, 5.41) is 10.5. The van der Waals surface area contributed by atoms with Crippen molar-refractivity contribution in [1.29, 1.82) is 0 Å². The molecule has 2 N–H and O–H groups in total.